The number of thiophene rings is 1. The highest BCUT2D eigenvalue weighted by molar-refractivity contribution is 7.07. The molecule has 1 fully saturated rings. The van der Waals surface area contributed by atoms with Crippen molar-refractivity contribution in [3.63, 3.8) is 0 Å². The number of ether oxygens (including phenoxy) is 1. The van der Waals surface area contributed by atoms with Gasteiger partial charge in [-0.3, -0.25) is 15.0 Å². The Labute approximate surface area is 133 Å². The molecule has 0 N–H and O–H groups in total. The van der Waals surface area contributed by atoms with Crippen LogP contribution in [0.2, 0.25) is 0 Å². The van der Waals surface area contributed by atoms with Crippen LogP contribution in [0.3, 0.4) is 0 Å². The number of non-ortho nitro benzene ring substituents is 1. The summed E-state index contributed by atoms with van der Waals surface area (Å²) in [6.45, 7) is 2.46. The average molecular weight is 318 g/mol. The van der Waals surface area contributed by atoms with Crippen LogP contribution in [-0.2, 0) is 0 Å². The second kappa shape index (κ2) is 6.89. The summed E-state index contributed by atoms with van der Waals surface area (Å²) >= 11 is 1.73. The van der Waals surface area contributed by atoms with Crippen molar-refractivity contribution >= 4 is 17.0 Å². The molecule has 3 rings (SSSR count). The molecule has 0 aliphatic carbocycles. The van der Waals surface area contributed by atoms with E-state index in [2.05, 4.69) is 21.7 Å². The molecule has 1 aliphatic heterocycles. The lowest BCUT2D eigenvalue weighted by Gasteiger charge is -2.23. The summed E-state index contributed by atoms with van der Waals surface area (Å²) in [4.78, 5) is 12.8. The second-order valence-electron chi connectivity index (χ2n) is 5.35. The first kappa shape index (κ1) is 15.0. The van der Waals surface area contributed by atoms with Gasteiger partial charge in [-0.2, -0.15) is 11.3 Å². The SMILES string of the molecule is O=[N+]([O-])c1cccc(OCCN2CCC[C@@H]2c2ccsc2)c1. The normalized spacial score (nSPS) is 18.5. The Morgan fingerprint density at radius 3 is 3.09 bits per heavy atom. The first-order valence-corrected chi connectivity index (χ1v) is 8.32. The molecule has 2 aromatic rings. The zero-order chi connectivity index (χ0) is 15.4. The minimum Gasteiger partial charge on any atom is -0.492 e. The summed E-state index contributed by atoms with van der Waals surface area (Å²) in [6, 6.07) is 9.03. The highest BCUT2D eigenvalue weighted by Gasteiger charge is 2.25. The van der Waals surface area contributed by atoms with Crippen LogP contribution in [0, 0.1) is 10.1 Å². The van der Waals surface area contributed by atoms with Crippen molar-refractivity contribution in [3.05, 3.63) is 56.8 Å². The molecule has 1 atom stereocenters. The molecule has 0 unspecified atom stereocenters. The maximum absolute atomic E-state index is 10.8. The van der Waals surface area contributed by atoms with Gasteiger partial charge < -0.3 is 4.74 Å². The number of nitro groups is 1. The van der Waals surface area contributed by atoms with E-state index in [4.69, 9.17) is 4.74 Å². The first-order valence-electron chi connectivity index (χ1n) is 7.37. The Morgan fingerprint density at radius 1 is 1.41 bits per heavy atom. The Balaban J connectivity index is 1.54. The number of nitro benzene ring substituents is 1. The highest BCUT2D eigenvalue weighted by Crippen LogP contribution is 2.32. The van der Waals surface area contributed by atoms with Crippen molar-refractivity contribution in [1.29, 1.82) is 0 Å². The molecule has 0 spiro atoms. The van der Waals surface area contributed by atoms with Gasteiger partial charge in [0.05, 0.1) is 11.0 Å². The quantitative estimate of drug-likeness (QED) is 0.599. The van der Waals surface area contributed by atoms with E-state index >= 15 is 0 Å². The van der Waals surface area contributed by atoms with Crippen LogP contribution in [-0.4, -0.2) is 29.5 Å². The molecule has 1 aromatic carbocycles. The molecule has 6 heteroatoms. The first-order chi connectivity index (χ1) is 10.7. The predicted octanol–water partition coefficient (Wildman–Crippen LogP) is 3.87. The monoisotopic (exact) mass is 318 g/mol. The Kier molecular flexibility index (Phi) is 4.70. The zero-order valence-corrected chi connectivity index (χ0v) is 13.0. The van der Waals surface area contributed by atoms with Crippen molar-refractivity contribution in [2.75, 3.05) is 19.7 Å². The number of nitrogens with zero attached hydrogens (tertiary/aromatic N) is 2. The molecule has 0 radical (unpaired) electrons. The standard InChI is InChI=1S/C16H18N2O3S/c19-18(20)14-3-1-4-15(11-14)21-9-8-17-7-2-5-16(17)13-6-10-22-12-13/h1,3-4,6,10-12,16H,2,5,7-9H2/t16-/m1/s1. The Hall–Kier alpha value is -1.92. The lowest BCUT2D eigenvalue weighted by molar-refractivity contribution is -0.384. The lowest BCUT2D eigenvalue weighted by Crippen LogP contribution is -2.27. The molecule has 0 saturated carbocycles. The molecule has 116 valence electrons. The van der Waals surface area contributed by atoms with Gasteiger partial charge >= 0.3 is 0 Å². The molecule has 5 nitrogen and oxygen atoms in total. The number of rotatable bonds is 6. The van der Waals surface area contributed by atoms with Gasteiger partial charge in [-0.25, -0.2) is 0 Å². The number of hydrogen-bond acceptors (Lipinski definition) is 5. The van der Waals surface area contributed by atoms with Crippen molar-refractivity contribution < 1.29 is 9.66 Å². The van der Waals surface area contributed by atoms with Crippen LogP contribution in [0.1, 0.15) is 24.4 Å². The molecular formula is C16H18N2O3S. The van der Waals surface area contributed by atoms with Gasteiger partial charge in [0.15, 0.2) is 0 Å². The second-order valence-corrected chi connectivity index (χ2v) is 6.13. The van der Waals surface area contributed by atoms with Crippen LogP contribution in [0.4, 0.5) is 5.69 Å². The van der Waals surface area contributed by atoms with Crippen LogP contribution in [0.25, 0.3) is 0 Å². The van der Waals surface area contributed by atoms with E-state index in [9.17, 15) is 10.1 Å². The largest absolute Gasteiger partial charge is 0.492 e. The summed E-state index contributed by atoms with van der Waals surface area (Å²) < 4.78 is 5.68. The average Bonchev–Trinajstić information content (AvgIpc) is 3.18. The third-order valence-corrected chi connectivity index (χ3v) is 4.67. The van der Waals surface area contributed by atoms with Gasteiger partial charge in [-0.1, -0.05) is 6.07 Å². The lowest BCUT2D eigenvalue weighted by atomic mass is 10.1. The molecule has 0 amide bonds. The zero-order valence-electron chi connectivity index (χ0n) is 12.2. The van der Waals surface area contributed by atoms with E-state index in [-0.39, 0.29) is 5.69 Å². The van der Waals surface area contributed by atoms with Crippen LogP contribution in [0.5, 0.6) is 5.75 Å². The molecule has 1 aliphatic rings. The smallest absolute Gasteiger partial charge is 0.273 e. The third-order valence-electron chi connectivity index (χ3n) is 3.97. The summed E-state index contributed by atoms with van der Waals surface area (Å²) in [5, 5.41) is 15.1. The maximum atomic E-state index is 10.8. The molecule has 0 bridgehead atoms. The minimum absolute atomic E-state index is 0.0647. The van der Waals surface area contributed by atoms with Crippen molar-refractivity contribution in [3.8, 4) is 5.75 Å². The van der Waals surface area contributed by atoms with Gasteiger partial charge in [-0.05, 0) is 47.8 Å². The summed E-state index contributed by atoms with van der Waals surface area (Å²) in [6.07, 6.45) is 2.39. The summed E-state index contributed by atoms with van der Waals surface area (Å²) in [5.74, 6) is 0.556. The number of benzene rings is 1. The Morgan fingerprint density at radius 2 is 2.32 bits per heavy atom. The fourth-order valence-corrected chi connectivity index (χ4v) is 3.61. The van der Waals surface area contributed by atoms with E-state index in [1.165, 1.54) is 30.5 Å². The highest BCUT2D eigenvalue weighted by atomic mass is 32.1. The van der Waals surface area contributed by atoms with Crippen LogP contribution in [0.15, 0.2) is 41.1 Å². The van der Waals surface area contributed by atoms with Gasteiger partial charge in [-0.15, -0.1) is 0 Å². The topological polar surface area (TPSA) is 55.6 Å². The van der Waals surface area contributed by atoms with E-state index in [1.54, 1.807) is 23.5 Å². The van der Waals surface area contributed by atoms with Crippen molar-refractivity contribution in [2.45, 2.75) is 18.9 Å². The number of hydrogen-bond donors (Lipinski definition) is 0. The molecule has 1 aromatic heterocycles. The summed E-state index contributed by atoms with van der Waals surface area (Å²) in [5.41, 5.74) is 1.45. The molecule has 2 heterocycles. The number of likely N-dealkylation sites (tertiary alicyclic amines) is 1. The van der Waals surface area contributed by atoms with Gasteiger partial charge in [0, 0.05) is 18.7 Å². The molecular weight excluding hydrogens is 300 g/mol. The van der Waals surface area contributed by atoms with E-state index < -0.39 is 4.92 Å². The predicted molar refractivity (Wildman–Crippen MR) is 86.5 cm³/mol. The minimum atomic E-state index is -0.403. The van der Waals surface area contributed by atoms with E-state index in [0.29, 0.717) is 18.4 Å². The maximum Gasteiger partial charge on any atom is 0.273 e. The van der Waals surface area contributed by atoms with E-state index in [1.807, 2.05) is 0 Å². The Bertz CT molecular complexity index is 630. The van der Waals surface area contributed by atoms with Gasteiger partial charge in [0.2, 0.25) is 0 Å². The fraction of sp³-hybridized carbons (Fsp3) is 0.375. The fourth-order valence-electron chi connectivity index (χ4n) is 2.90. The van der Waals surface area contributed by atoms with E-state index in [0.717, 1.165) is 13.1 Å². The van der Waals surface area contributed by atoms with Crippen molar-refractivity contribution in [1.82, 2.24) is 4.90 Å². The third kappa shape index (κ3) is 3.45. The van der Waals surface area contributed by atoms with Gasteiger partial charge in [0.25, 0.3) is 5.69 Å². The van der Waals surface area contributed by atoms with Gasteiger partial charge in [0.1, 0.15) is 12.4 Å². The van der Waals surface area contributed by atoms with Crippen molar-refractivity contribution in [2.24, 2.45) is 0 Å². The van der Waals surface area contributed by atoms with Crippen LogP contribution < -0.4 is 4.74 Å². The molecule has 22 heavy (non-hydrogen) atoms. The van der Waals surface area contributed by atoms with Crippen LogP contribution >= 0.6 is 11.3 Å². The summed E-state index contributed by atoms with van der Waals surface area (Å²) in [7, 11) is 0. The molecule has 1 saturated heterocycles.